The van der Waals surface area contributed by atoms with E-state index in [1.54, 1.807) is 29.2 Å². The van der Waals surface area contributed by atoms with E-state index in [0.717, 1.165) is 12.8 Å². The van der Waals surface area contributed by atoms with E-state index in [1.807, 2.05) is 0 Å². The molecule has 3 nitrogen and oxygen atoms in total. The average Bonchev–Trinajstić information content (AvgIpc) is 3.19. The minimum Gasteiger partial charge on any atom is -0.444 e. The summed E-state index contributed by atoms with van der Waals surface area (Å²) in [4.78, 5) is 14.1. The standard InChI is InChI=1S/C15H12BrClFNO2/c16-14-7-6-13(21-14)15(20)19(9-4-5-9)8-10-11(17)2-1-3-12(10)18/h1-3,6-7,9H,4-5,8H2. The number of carbonyl (C=O) groups is 1. The molecule has 3 rings (SSSR count). The molecule has 0 atom stereocenters. The molecule has 2 aromatic rings. The summed E-state index contributed by atoms with van der Waals surface area (Å²) in [5, 5.41) is 0.328. The summed E-state index contributed by atoms with van der Waals surface area (Å²) in [6.07, 6.45) is 1.83. The normalized spacial score (nSPS) is 14.2. The van der Waals surface area contributed by atoms with Crippen molar-refractivity contribution in [3.8, 4) is 0 Å². The van der Waals surface area contributed by atoms with Crippen LogP contribution in [0.25, 0.3) is 0 Å². The number of halogens is 3. The van der Waals surface area contributed by atoms with Crippen LogP contribution in [0.3, 0.4) is 0 Å². The maximum atomic E-state index is 13.9. The number of furan rings is 1. The van der Waals surface area contributed by atoms with Crippen molar-refractivity contribution in [2.24, 2.45) is 0 Å². The maximum Gasteiger partial charge on any atom is 0.290 e. The van der Waals surface area contributed by atoms with E-state index in [1.165, 1.54) is 6.07 Å². The predicted molar refractivity (Wildman–Crippen MR) is 80.7 cm³/mol. The van der Waals surface area contributed by atoms with Crippen LogP contribution in [-0.4, -0.2) is 16.8 Å². The van der Waals surface area contributed by atoms with E-state index in [2.05, 4.69) is 15.9 Å². The number of hydrogen-bond donors (Lipinski definition) is 0. The fourth-order valence-corrected chi connectivity index (χ4v) is 2.71. The Morgan fingerprint density at radius 3 is 2.71 bits per heavy atom. The molecule has 1 aromatic carbocycles. The van der Waals surface area contributed by atoms with Crippen molar-refractivity contribution in [2.45, 2.75) is 25.4 Å². The van der Waals surface area contributed by atoms with Crippen LogP contribution in [0.5, 0.6) is 0 Å². The molecule has 110 valence electrons. The van der Waals surface area contributed by atoms with E-state index in [-0.39, 0.29) is 24.3 Å². The van der Waals surface area contributed by atoms with Crippen molar-refractivity contribution in [2.75, 3.05) is 0 Å². The first-order valence-corrected chi connectivity index (χ1v) is 7.72. The highest BCUT2D eigenvalue weighted by atomic mass is 79.9. The SMILES string of the molecule is O=C(c1ccc(Br)o1)N(Cc1c(F)cccc1Cl)C1CC1. The van der Waals surface area contributed by atoms with Gasteiger partial charge in [-0.2, -0.15) is 0 Å². The van der Waals surface area contributed by atoms with Gasteiger partial charge in [-0.15, -0.1) is 0 Å². The molecule has 0 bridgehead atoms. The Hall–Kier alpha value is -1.33. The van der Waals surface area contributed by atoms with E-state index in [0.29, 0.717) is 15.3 Å². The second kappa shape index (κ2) is 5.81. The lowest BCUT2D eigenvalue weighted by Crippen LogP contribution is -2.32. The lowest BCUT2D eigenvalue weighted by atomic mass is 10.2. The maximum absolute atomic E-state index is 13.9. The van der Waals surface area contributed by atoms with Crippen LogP contribution in [0, 0.1) is 5.82 Å². The first-order valence-electron chi connectivity index (χ1n) is 6.55. The van der Waals surface area contributed by atoms with Gasteiger partial charge in [-0.1, -0.05) is 17.7 Å². The molecule has 1 aromatic heterocycles. The summed E-state index contributed by atoms with van der Waals surface area (Å²) in [6.45, 7) is 0.146. The second-order valence-electron chi connectivity index (χ2n) is 4.97. The average molecular weight is 373 g/mol. The molecule has 0 radical (unpaired) electrons. The fraction of sp³-hybridized carbons (Fsp3) is 0.267. The van der Waals surface area contributed by atoms with Gasteiger partial charge in [0.25, 0.3) is 5.91 Å². The quantitative estimate of drug-likeness (QED) is 0.783. The molecule has 0 unspecified atom stereocenters. The van der Waals surface area contributed by atoms with Crippen LogP contribution >= 0.6 is 27.5 Å². The third kappa shape index (κ3) is 3.14. The largest absolute Gasteiger partial charge is 0.444 e. The minimum absolute atomic E-state index is 0.122. The third-order valence-corrected chi connectivity index (χ3v) is 4.20. The first-order chi connectivity index (χ1) is 10.1. The van der Waals surface area contributed by atoms with Crippen LogP contribution in [0.15, 0.2) is 39.4 Å². The molecule has 1 amide bonds. The van der Waals surface area contributed by atoms with Gasteiger partial charge in [0, 0.05) is 16.6 Å². The van der Waals surface area contributed by atoms with Gasteiger partial charge in [0.2, 0.25) is 0 Å². The van der Waals surface area contributed by atoms with Gasteiger partial charge in [0.1, 0.15) is 5.82 Å². The lowest BCUT2D eigenvalue weighted by molar-refractivity contribution is 0.0694. The van der Waals surface area contributed by atoms with Crippen LogP contribution in [0.2, 0.25) is 5.02 Å². The molecule has 1 fully saturated rings. The van der Waals surface area contributed by atoms with Crippen LogP contribution < -0.4 is 0 Å². The molecular formula is C15H12BrClFNO2. The number of benzene rings is 1. The summed E-state index contributed by atoms with van der Waals surface area (Å²) < 4.78 is 19.7. The number of carbonyl (C=O) groups excluding carboxylic acids is 1. The topological polar surface area (TPSA) is 33.5 Å². The lowest BCUT2D eigenvalue weighted by Gasteiger charge is -2.22. The predicted octanol–water partition coefficient (Wildman–Crippen LogP) is 4.64. The van der Waals surface area contributed by atoms with Gasteiger partial charge in [0.05, 0.1) is 6.54 Å². The van der Waals surface area contributed by atoms with Crippen molar-refractivity contribution >= 4 is 33.4 Å². The van der Waals surface area contributed by atoms with Crippen LogP contribution in [0.4, 0.5) is 4.39 Å². The molecule has 1 saturated carbocycles. The van der Waals surface area contributed by atoms with Crippen LogP contribution in [-0.2, 0) is 6.54 Å². The van der Waals surface area contributed by atoms with Gasteiger partial charge in [0.15, 0.2) is 10.4 Å². The van der Waals surface area contributed by atoms with Crippen LogP contribution in [0.1, 0.15) is 29.0 Å². The fourth-order valence-electron chi connectivity index (χ4n) is 2.18. The highest BCUT2D eigenvalue weighted by molar-refractivity contribution is 9.10. The molecule has 21 heavy (non-hydrogen) atoms. The molecular weight excluding hydrogens is 361 g/mol. The first kappa shape index (κ1) is 14.6. The summed E-state index contributed by atoms with van der Waals surface area (Å²) in [7, 11) is 0. The number of rotatable bonds is 4. The Kier molecular flexibility index (Phi) is 4.04. The highest BCUT2D eigenvalue weighted by Crippen LogP contribution is 2.32. The van der Waals surface area contributed by atoms with Gasteiger partial charge in [-0.3, -0.25) is 4.79 Å². The van der Waals surface area contributed by atoms with Gasteiger partial charge >= 0.3 is 0 Å². The molecule has 1 aliphatic carbocycles. The highest BCUT2D eigenvalue weighted by Gasteiger charge is 2.35. The molecule has 1 aliphatic rings. The van der Waals surface area contributed by atoms with Crippen molar-refractivity contribution in [1.29, 1.82) is 0 Å². The van der Waals surface area contributed by atoms with E-state index in [9.17, 15) is 9.18 Å². The molecule has 0 N–H and O–H groups in total. The molecule has 0 saturated heterocycles. The Balaban J connectivity index is 1.87. The summed E-state index contributed by atoms with van der Waals surface area (Å²) in [6, 6.07) is 7.91. The number of nitrogens with zero attached hydrogens (tertiary/aromatic N) is 1. The van der Waals surface area contributed by atoms with Crippen molar-refractivity contribution in [3.63, 3.8) is 0 Å². The smallest absolute Gasteiger partial charge is 0.290 e. The monoisotopic (exact) mass is 371 g/mol. The summed E-state index contributed by atoms with van der Waals surface area (Å²) >= 11 is 9.22. The Labute approximate surface area is 134 Å². The Bertz CT molecular complexity index is 664. The summed E-state index contributed by atoms with van der Waals surface area (Å²) in [5.74, 6) is -0.412. The van der Waals surface area contributed by atoms with Crippen molar-refractivity contribution in [3.05, 3.63) is 57.2 Å². The van der Waals surface area contributed by atoms with Crippen molar-refractivity contribution in [1.82, 2.24) is 4.90 Å². The zero-order valence-corrected chi connectivity index (χ0v) is 13.3. The van der Waals surface area contributed by atoms with Gasteiger partial charge in [-0.25, -0.2) is 4.39 Å². The third-order valence-electron chi connectivity index (χ3n) is 3.42. The van der Waals surface area contributed by atoms with E-state index >= 15 is 0 Å². The molecule has 1 heterocycles. The molecule has 6 heteroatoms. The zero-order valence-electron chi connectivity index (χ0n) is 11.0. The zero-order chi connectivity index (χ0) is 15.0. The van der Waals surface area contributed by atoms with E-state index < -0.39 is 5.82 Å². The van der Waals surface area contributed by atoms with Gasteiger partial charge < -0.3 is 9.32 Å². The van der Waals surface area contributed by atoms with Crippen molar-refractivity contribution < 1.29 is 13.6 Å². The van der Waals surface area contributed by atoms with Gasteiger partial charge in [-0.05, 0) is 53.0 Å². The number of hydrogen-bond acceptors (Lipinski definition) is 2. The Morgan fingerprint density at radius 1 is 1.38 bits per heavy atom. The number of amides is 1. The molecule has 0 aliphatic heterocycles. The molecule has 0 spiro atoms. The summed E-state index contributed by atoms with van der Waals surface area (Å²) in [5.41, 5.74) is 0.338. The van der Waals surface area contributed by atoms with E-state index in [4.69, 9.17) is 16.0 Å². The minimum atomic E-state index is -0.401. The second-order valence-corrected chi connectivity index (χ2v) is 6.16. The Morgan fingerprint density at radius 2 is 2.14 bits per heavy atom.